The SMILES string of the molecule is [3H]SOCC(=O)OCC1c2cc(CCCC(=O)NCCOC)ccc2-c2c(C(=O)CCCOC)cccc21. The van der Waals surface area contributed by atoms with Crippen LogP contribution in [0.4, 0.5) is 0 Å². The highest BCUT2D eigenvalue weighted by molar-refractivity contribution is 7.75. The molecule has 1 amide bonds. The molecule has 1 atom stereocenters. The number of thiol groups is 1. The second-order valence-electron chi connectivity index (χ2n) is 8.91. The molecular weight excluding hydrogens is 494 g/mol. The number of hydrogen-bond donors (Lipinski definition) is 2. The highest BCUT2D eigenvalue weighted by Gasteiger charge is 2.33. The average molecular weight is 532 g/mol. The van der Waals surface area contributed by atoms with Gasteiger partial charge in [-0.1, -0.05) is 36.4 Å². The second kappa shape index (κ2) is 14.9. The van der Waals surface area contributed by atoms with Crippen LogP contribution in [0.2, 0.25) is 0 Å². The van der Waals surface area contributed by atoms with Gasteiger partial charge in [0.05, 0.1) is 6.61 Å². The molecule has 0 saturated heterocycles. The van der Waals surface area contributed by atoms with Gasteiger partial charge in [-0.15, -0.1) is 0 Å². The van der Waals surface area contributed by atoms with Crippen molar-refractivity contribution in [2.45, 2.75) is 38.0 Å². The molecule has 0 heterocycles. The van der Waals surface area contributed by atoms with Crippen LogP contribution < -0.4 is 5.32 Å². The Hall–Kier alpha value is -2.72. The Kier molecular flexibility index (Phi) is 11.0. The molecular formula is C28H35NO7S. The molecule has 200 valence electrons. The predicted molar refractivity (Wildman–Crippen MR) is 143 cm³/mol. The van der Waals surface area contributed by atoms with Gasteiger partial charge >= 0.3 is 5.97 Å². The Bertz CT molecular complexity index is 1110. The van der Waals surface area contributed by atoms with Crippen LogP contribution in [0.15, 0.2) is 36.4 Å². The largest absolute Gasteiger partial charge is 0.463 e. The van der Waals surface area contributed by atoms with E-state index in [1.807, 2.05) is 30.3 Å². The summed E-state index contributed by atoms with van der Waals surface area (Å²) in [6.45, 7) is 1.27. The van der Waals surface area contributed by atoms with Crippen LogP contribution in [0.5, 0.6) is 0 Å². The maximum atomic E-state index is 13.1. The molecule has 0 bridgehead atoms. The van der Waals surface area contributed by atoms with Gasteiger partial charge in [0, 0.05) is 51.7 Å². The lowest BCUT2D eigenvalue weighted by Gasteiger charge is -2.15. The maximum absolute atomic E-state index is 13.1. The molecule has 0 radical (unpaired) electrons. The summed E-state index contributed by atoms with van der Waals surface area (Å²) >= 11 is 0.363. The van der Waals surface area contributed by atoms with Gasteiger partial charge < -0.3 is 23.7 Å². The summed E-state index contributed by atoms with van der Waals surface area (Å²) in [6.07, 6.45) is 2.84. The zero-order valence-electron chi connectivity index (χ0n) is 22.4. The fraction of sp³-hybridized carbons (Fsp3) is 0.464. The average Bonchev–Trinajstić information content (AvgIpc) is 3.23. The quantitative estimate of drug-likeness (QED) is 0.105. The minimum absolute atomic E-state index is 0.00917. The summed E-state index contributed by atoms with van der Waals surface area (Å²) in [4.78, 5) is 37.3. The number of esters is 1. The number of aryl methyl sites for hydroxylation is 1. The third kappa shape index (κ3) is 7.88. The summed E-state index contributed by atoms with van der Waals surface area (Å²) in [5.74, 6) is -0.754. The zero-order valence-corrected chi connectivity index (χ0v) is 22.2. The number of hydrogen-bond acceptors (Lipinski definition) is 8. The monoisotopic (exact) mass is 531 g/mol. The summed E-state index contributed by atoms with van der Waals surface area (Å²) in [7, 11) is 3.21. The van der Waals surface area contributed by atoms with Crippen molar-refractivity contribution in [3.8, 4) is 11.1 Å². The topological polar surface area (TPSA) is 100 Å². The van der Waals surface area contributed by atoms with Gasteiger partial charge in [0.25, 0.3) is 0 Å². The summed E-state index contributed by atoms with van der Waals surface area (Å²) in [6, 6.07) is 11.8. The summed E-state index contributed by atoms with van der Waals surface area (Å²) in [5.41, 5.74) is 5.49. The van der Waals surface area contributed by atoms with E-state index in [0.29, 0.717) is 70.2 Å². The number of nitrogens with one attached hydrogen (secondary N) is 1. The first-order valence-electron chi connectivity index (χ1n) is 12.8. The minimum atomic E-state index is -0.554. The fourth-order valence-corrected chi connectivity index (χ4v) is 4.73. The van der Waals surface area contributed by atoms with Gasteiger partial charge in [-0.25, -0.2) is 4.79 Å². The van der Waals surface area contributed by atoms with Crippen molar-refractivity contribution in [3.63, 3.8) is 0 Å². The van der Waals surface area contributed by atoms with Gasteiger partial charge in [-0.2, -0.15) is 0 Å². The van der Waals surface area contributed by atoms with Crippen LogP contribution >= 0.6 is 12.8 Å². The lowest BCUT2D eigenvalue weighted by atomic mass is 9.93. The fourth-order valence-electron chi connectivity index (χ4n) is 4.64. The molecule has 0 aliphatic heterocycles. The van der Waals surface area contributed by atoms with Crippen molar-refractivity contribution in [2.24, 2.45) is 0 Å². The van der Waals surface area contributed by atoms with Crippen LogP contribution in [-0.2, 0) is 34.4 Å². The molecule has 37 heavy (non-hydrogen) atoms. The molecule has 1 unspecified atom stereocenters. The van der Waals surface area contributed by atoms with Gasteiger partial charge in [-0.3, -0.25) is 9.59 Å². The van der Waals surface area contributed by atoms with Gasteiger partial charge in [-0.05, 0) is 59.9 Å². The number of carbonyl (C=O) groups excluding carboxylic acids is 3. The molecule has 1 aliphatic carbocycles. The van der Waals surface area contributed by atoms with Crippen LogP contribution in [-0.4, -0.2) is 66.0 Å². The molecule has 2 aromatic rings. The third-order valence-electron chi connectivity index (χ3n) is 6.37. The van der Waals surface area contributed by atoms with Crippen molar-refractivity contribution < 1.29 is 32.8 Å². The number of methoxy groups -OCH3 is 2. The normalized spacial score (nSPS) is 14.0. The van der Waals surface area contributed by atoms with E-state index < -0.39 is 5.97 Å². The molecule has 0 saturated carbocycles. The Morgan fingerprint density at radius 2 is 1.86 bits per heavy atom. The van der Waals surface area contributed by atoms with E-state index in [2.05, 4.69) is 11.4 Å². The molecule has 8 nitrogen and oxygen atoms in total. The molecule has 9 heteroatoms. The van der Waals surface area contributed by atoms with Crippen LogP contribution in [0.1, 0.15) is 58.6 Å². The highest BCUT2D eigenvalue weighted by atomic mass is 32.1. The molecule has 3 rings (SSSR count). The number of Topliss-reactive ketones (excluding diaryl/α,β-unsaturated/α-hetero) is 1. The van der Waals surface area contributed by atoms with E-state index >= 15 is 0 Å². The first-order chi connectivity index (χ1) is 18.5. The number of ketones is 1. The van der Waals surface area contributed by atoms with Crippen LogP contribution in [0.25, 0.3) is 11.1 Å². The van der Waals surface area contributed by atoms with Crippen molar-refractivity contribution in [1.82, 2.24) is 5.32 Å². The van der Waals surface area contributed by atoms with E-state index in [0.717, 1.165) is 27.8 Å². The van der Waals surface area contributed by atoms with E-state index in [1.54, 1.807) is 14.2 Å². The van der Waals surface area contributed by atoms with Crippen LogP contribution in [0, 0.1) is 0 Å². The Labute approximate surface area is 224 Å². The Balaban J connectivity index is 1.82. The summed E-state index contributed by atoms with van der Waals surface area (Å²) < 4.78 is 27.3. The molecule has 1 N–H and O–H groups in total. The van der Waals surface area contributed by atoms with Gasteiger partial charge in [0.1, 0.15) is 7.73 Å². The number of ether oxygens (including phenoxy) is 3. The van der Waals surface area contributed by atoms with Crippen molar-refractivity contribution in [2.75, 3.05) is 47.2 Å². The number of amides is 1. The molecule has 0 aromatic heterocycles. The first-order valence-corrected chi connectivity index (χ1v) is 12.8. The highest BCUT2D eigenvalue weighted by Crippen LogP contribution is 2.47. The number of benzene rings is 2. The minimum Gasteiger partial charge on any atom is -0.463 e. The van der Waals surface area contributed by atoms with E-state index in [-0.39, 0.29) is 30.8 Å². The first kappa shape index (κ1) is 27.3. The predicted octanol–water partition coefficient (Wildman–Crippen LogP) is 3.90. The number of carbonyl (C=O) groups is 3. The lowest BCUT2D eigenvalue weighted by molar-refractivity contribution is -0.145. The van der Waals surface area contributed by atoms with Gasteiger partial charge in [0.2, 0.25) is 5.91 Å². The van der Waals surface area contributed by atoms with Crippen molar-refractivity contribution in [3.05, 3.63) is 58.7 Å². The number of fused-ring (bicyclic) bond motifs is 3. The number of rotatable bonds is 17. The second-order valence-corrected chi connectivity index (χ2v) is 9.14. The molecule has 1 aliphatic rings. The van der Waals surface area contributed by atoms with Gasteiger partial charge in [0.15, 0.2) is 12.4 Å². The zero-order chi connectivity index (χ0) is 27.3. The molecule has 0 spiro atoms. The third-order valence-corrected chi connectivity index (χ3v) is 6.49. The molecule has 0 fully saturated rings. The Morgan fingerprint density at radius 1 is 1.03 bits per heavy atom. The lowest BCUT2D eigenvalue weighted by Crippen LogP contribution is -2.26. The maximum Gasteiger partial charge on any atom is 0.333 e. The van der Waals surface area contributed by atoms with E-state index in [1.165, 1.54) is 0 Å². The Morgan fingerprint density at radius 3 is 2.65 bits per heavy atom. The van der Waals surface area contributed by atoms with Crippen molar-refractivity contribution in [1.29, 1.82) is 1.12 Å². The van der Waals surface area contributed by atoms with Crippen LogP contribution in [0.3, 0.4) is 0 Å². The van der Waals surface area contributed by atoms with E-state index in [4.69, 9.17) is 19.5 Å². The summed E-state index contributed by atoms with van der Waals surface area (Å²) in [5, 5.41) is 2.83. The molecule has 2 aromatic carbocycles. The smallest absolute Gasteiger partial charge is 0.333 e. The standard InChI is InChI=1S/C28H35NO7S/c1-33-14-5-9-25(30)22-8-4-7-20-24(17-35-27(32)18-36-37)23-16-19(11-12-21(23)28(20)22)6-3-10-26(31)29-13-15-34-2/h4,7-8,11-12,16,24,37H,3,5-6,9-10,13-15,17-18H2,1-2H3,(H,29,31)/i/hT. The van der Waals surface area contributed by atoms with E-state index in [9.17, 15) is 14.4 Å². The van der Waals surface area contributed by atoms with Crippen molar-refractivity contribution >= 4 is 30.5 Å².